The Kier molecular flexibility index (Phi) is 5.37. The van der Waals surface area contributed by atoms with Crippen molar-refractivity contribution in [2.45, 2.75) is 13.5 Å². The van der Waals surface area contributed by atoms with Crippen LogP contribution >= 0.6 is 15.9 Å². The molecule has 0 aliphatic rings. The third-order valence-electron chi connectivity index (χ3n) is 2.08. The Labute approximate surface area is 107 Å². The smallest absolute Gasteiger partial charge is 0.326 e. The average Bonchev–Trinajstić information content (AvgIpc) is 2.25. The molecule has 0 fully saturated rings. The van der Waals surface area contributed by atoms with E-state index in [2.05, 4.69) is 15.9 Å². The number of carbonyl (C=O) groups is 1. The second-order valence-corrected chi connectivity index (χ2v) is 4.40. The quantitative estimate of drug-likeness (QED) is 0.604. The van der Waals surface area contributed by atoms with Gasteiger partial charge in [-0.05, 0) is 28.9 Å². The molecule has 0 saturated carbocycles. The molecule has 1 aromatic heterocycles. The van der Waals surface area contributed by atoms with Crippen molar-refractivity contribution >= 4 is 21.9 Å². The number of aromatic nitrogens is 1. The summed E-state index contributed by atoms with van der Waals surface area (Å²) < 4.78 is 11.7. The SMILES string of the molecule is COCCOC(=O)Cn1cc(Br)cc(C)c1=O. The van der Waals surface area contributed by atoms with E-state index in [0.29, 0.717) is 12.2 Å². The molecule has 0 aromatic carbocycles. The van der Waals surface area contributed by atoms with Gasteiger partial charge in [0.1, 0.15) is 13.2 Å². The van der Waals surface area contributed by atoms with Crippen molar-refractivity contribution in [3.05, 3.63) is 32.7 Å². The number of hydrogen-bond donors (Lipinski definition) is 0. The highest BCUT2D eigenvalue weighted by atomic mass is 79.9. The van der Waals surface area contributed by atoms with Crippen LogP contribution in [-0.4, -0.2) is 30.9 Å². The maximum absolute atomic E-state index is 11.7. The van der Waals surface area contributed by atoms with E-state index in [9.17, 15) is 9.59 Å². The fourth-order valence-corrected chi connectivity index (χ4v) is 1.87. The minimum absolute atomic E-state index is 0.0944. The third-order valence-corrected chi connectivity index (χ3v) is 2.52. The molecule has 0 bridgehead atoms. The van der Waals surface area contributed by atoms with Crippen LogP contribution in [0.25, 0.3) is 0 Å². The van der Waals surface area contributed by atoms with Gasteiger partial charge in [0, 0.05) is 23.3 Å². The fourth-order valence-electron chi connectivity index (χ4n) is 1.28. The fraction of sp³-hybridized carbons (Fsp3) is 0.455. The van der Waals surface area contributed by atoms with Gasteiger partial charge in [-0.2, -0.15) is 0 Å². The van der Waals surface area contributed by atoms with E-state index in [-0.39, 0.29) is 18.7 Å². The van der Waals surface area contributed by atoms with Gasteiger partial charge in [0.15, 0.2) is 0 Å². The maximum Gasteiger partial charge on any atom is 0.326 e. The standard InChI is InChI=1S/C11H14BrNO4/c1-8-5-9(12)6-13(11(8)15)7-10(14)17-4-3-16-2/h5-6H,3-4,7H2,1-2H3. The lowest BCUT2D eigenvalue weighted by molar-refractivity contribution is -0.145. The van der Waals surface area contributed by atoms with Crippen molar-refractivity contribution < 1.29 is 14.3 Å². The molecule has 0 aliphatic heterocycles. The number of carbonyl (C=O) groups excluding carboxylic acids is 1. The molecular formula is C11H14BrNO4. The summed E-state index contributed by atoms with van der Waals surface area (Å²) in [4.78, 5) is 23.1. The first-order valence-corrected chi connectivity index (χ1v) is 5.85. The minimum Gasteiger partial charge on any atom is -0.462 e. The van der Waals surface area contributed by atoms with Crippen LogP contribution in [0.5, 0.6) is 0 Å². The highest BCUT2D eigenvalue weighted by Crippen LogP contribution is 2.07. The Hall–Kier alpha value is -1.14. The minimum atomic E-state index is -0.457. The Morgan fingerprint density at radius 3 is 2.82 bits per heavy atom. The summed E-state index contributed by atoms with van der Waals surface area (Å²) in [5, 5.41) is 0. The van der Waals surface area contributed by atoms with Gasteiger partial charge in [-0.1, -0.05) is 0 Å². The van der Waals surface area contributed by atoms with Gasteiger partial charge in [-0.15, -0.1) is 0 Å². The summed E-state index contributed by atoms with van der Waals surface area (Å²) in [6.07, 6.45) is 1.56. The van der Waals surface area contributed by atoms with Crippen LogP contribution < -0.4 is 5.56 Å². The van der Waals surface area contributed by atoms with Crippen molar-refractivity contribution in [2.24, 2.45) is 0 Å². The van der Waals surface area contributed by atoms with Crippen molar-refractivity contribution in [2.75, 3.05) is 20.3 Å². The molecule has 17 heavy (non-hydrogen) atoms. The van der Waals surface area contributed by atoms with Crippen LogP contribution in [-0.2, 0) is 20.8 Å². The lowest BCUT2D eigenvalue weighted by Gasteiger charge is -2.08. The second-order valence-electron chi connectivity index (χ2n) is 3.49. The van der Waals surface area contributed by atoms with Crippen LogP contribution in [0.4, 0.5) is 0 Å². The van der Waals surface area contributed by atoms with Gasteiger partial charge in [0.05, 0.1) is 6.61 Å². The first-order valence-electron chi connectivity index (χ1n) is 5.05. The van der Waals surface area contributed by atoms with E-state index in [1.165, 1.54) is 11.7 Å². The third kappa shape index (κ3) is 4.32. The Morgan fingerprint density at radius 1 is 1.47 bits per heavy atom. The summed E-state index contributed by atoms with van der Waals surface area (Å²) in [5.41, 5.74) is 0.376. The van der Waals surface area contributed by atoms with Gasteiger partial charge in [-0.3, -0.25) is 9.59 Å². The normalized spacial score (nSPS) is 10.3. The lowest BCUT2D eigenvalue weighted by atomic mass is 10.3. The van der Waals surface area contributed by atoms with Crippen LogP contribution in [0.1, 0.15) is 5.56 Å². The van der Waals surface area contributed by atoms with E-state index < -0.39 is 5.97 Å². The first kappa shape index (κ1) is 13.9. The zero-order chi connectivity index (χ0) is 12.8. The molecular weight excluding hydrogens is 290 g/mol. The number of esters is 1. The van der Waals surface area contributed by atoms with Crippen LogP contribution in [0, 0.1) is 6.92 Å². The van der Waals surface area contributed by atoms with Gasteiger partial charge in [0.25, 0.3) is 5.56 Å². The number of ether oxygens (including phenoxy) is 2. The Morgan fingerprint density at radius 2 is 2.18 bits per heavy atom. The predicted molar refractivity (Wildman–Crippen MR) is 66.0 cm³/mol. The van der Waals surface area contributed by atoms with Gasteiger partial charge in [0.2, 0.25) is 0 Å². The maximum atomic E-state index is 11.7. The summed E-state index contributed by atoms with van der Waals surface area (Å²) in [5.74, 6) is -0.457. The highest BCUT2D eigenvalue weighted by molar-refractivity contribution is 9.10. The zero-order valence-electron chi connectivity index (χ0n) is 9.73. The summed E-state index contributed by atoms with van der Waals surface area (Å²) in [7, 11) is 1.52. The second kappa shape index (κ2) is 6.56. The van der Waals surface area contributed by atoms with E-state index >= 15 is 0 Å². The largest absolute Gasteiger partial charge is 0.462 e. The highest BCUT2D eigenvalue weighted by Gasteiger charge is 2.08. The van der Waals surface area contributed by atoms with Crippen LogP contribution in [0.3, 0.4) is 0 Å². The summed E-state index contributed by atoms with van der Waals surface area (Å²) in [6.45, 7) is 2.14. The average molecular weight is 304 g/mol. The molecule has 1 aromatic rings. The number of hydrogen-bond acceptors (Lipinski definition) is 4. The monoisotopic (exact) mass is 303 g/mol. The number of rotatable bonds is 5. The molecule has 0 aliphatic carbocycles. The summed E-state index contributed by atoms with van der Waals surface area (Å²) in [6, 6.07) is 1.70. The predicted octanol–water partition coefficient (Wildman–Crippen LogP) is 1.11. The molecule has 0 atom stereocenters. The molecule has 0 saturated heterocycles. The zero-order valence-corrected chi connectivity index (χ0v) is 11.3. The number of halogens is 1. The molecule has 5 nitrogen and oxygen atoms in total. The molecule has 0 N–H and O–H groups in total. The molecule has 1 heterocycles. The number of methoxy groups -OCH3 is 1. The number of aryl methyl sites for hydroxylation is 1. The molecule has 0 radical (unpaired) electrons. The van der Waals surface area contributed by atoms with Crippen molar-refractivity contribution in [1.82, 2.24) is 4.57 Å². The number of pyridine rings is 1. The number of nitrogens with zero attached hydrogens (tertiary/aromatic N) is 1. The van der Waals surface area contributed by atoms with Gasteiger partial charge >= 0.3 is 5.97 Å². The topological polar surface area (TPSA) is 57.5 Å². The molecule has 94 valence electrons. The lowest BCUT2D eigenvalue weighted by Crippen LogP contribution is -2.26. The van der Waals surface area contributed by atoms with Crippen molar-refractivity contribution in [3.8, 4) is 0 Å². The van der Waals surface area contributed by atoms with Gasteiger partial charge < -0.3 is 14.0 Å². The van der Waals surface area contributed by atoms with Crippen LogP contribution in [0.15, 0.2) is 21.5 Å². The molecule has 0 spiro atoms. The van der Waals surface area contributed by atoms with Crippen LogP contribution in [0.2, 0.25) is 0 Å². The molecule has 6 heteroatoms. The van der Waals surface area contributed by atoms with Gasteiger partial charge in [-0.25, -0.2) is 0 Å². The van der Waals surface area contributed by atoms with E-state index in [0.717, 1.165) is 4.47 Å². The van der Waals surface area contributed by atoms with Crippen molar-refractivity contribution in [3.63, 3.8) is 0 Å². The van der Waals surface area contributed by atoms with E-state index in [1.54, 1.807) is 19.2 Å². The molecule has 0 unspecified atom stereocenters. The van der Waals surface area contributed by atoms with E-state index in [4.69, 9.17) is 9.47 Å². The van der Waals surface area contributed by atoms with Crippen molar-refractivity contribution in [1.29, 1.82) is 0 Å². The molecule has 0 amide bonds. The molecule has 1 rings (SSSR count). The Bertz CT molecular complexity index is 455. The summed E-state index contributed by atoms with van der Waals surface area (Å²) >= 11 is 3.27. The van der Waals surface area contributed by atoms with E-state index in [1.807, 2.05) is 0 Å². The first-order chi connectivity index (χ1) is 8.04. The Balaban J connectivity index is 2.68.